The van der Waals surface area contributed by atoms with Gasteiger partial charge in [0, 0.05) is 5.69 Å². The number of anilines is 1. The SMILES string of the molecule is NNc1ccccc1.O=C(O)C(F)(F)F.O=C(O)C(F)(F)F. The van der Waals surface area contributed by atoms with Crippen molar-refractivity contribution in [3.05, 3.63) is 30.3 Å². The number of nitrogen functional groups attached to an aromatic ring is 1. The summed E-state index contributed by atoms with van der Waals surface area (Å²) < 4.78 is 63.5. The van der Waals surface area contributed by atoms with E-state index in [1.54, 1.807) is 0 Å². The van der Waals surface area contributed by atoms with E-state index in [0.717, 1.165) is 5.69 Å². The molecule has 126 valence electrons. The third-order valence-corrected chi connectivity index (χ3v) is 1.43. The van der Waals surface area contributed by atoms with Gasteiger partial charge < -0.3 is 15.6 Å². The number of carbonyl (C=O) groups is 2. The highest BCUT2D eigenvalue weighted by Crippen LogP contribution is 2.13. The van der Waals surface area contributed by atoms with Gasteiger partial charge in [0.1, 0.15) is 0 Å². The minimum Gasteiger partial charge on any atom is -0.475 e. The van der Waals surface area contributed by atoms with Crippen LogP contribution in [0.2, 0.25) is 0 Å². The Morgan fingerprint density at radius 2 is 1.14 bits per heavy atom. The summed E-state index contributed by atoms with van der Waals surface area (Å²) in [4.78, 5) is 17.8. The van der Waals surface area contributed by atoms with E-state index in [1.165, 1.54) is 0 Å². The Bertz CT molecular complexity index is 437. The molecule has 0 atom stereocenters. The number of hydrogen-bond donors (Lipinski definition) is 4. The number of nitrogens with one attached hydrogen (secondary N) is 1. The van der Waals surface area contributed by atoms with E-state index in [2.05, 4.69) is 5.43 Å². The predicted molar refractivity (Wildman–Crippen MR) is 61.6 cm³/mol. The van der Waals surface area contributed by atoms with Crippen LogP contribution in [0.1, 0.15) is 0 Å². The minimum atomic E-state index is -5.08. The summed E-state index contributed by atoms with van der Waals surface area (Å²) in [5.41, 5.74) is 3.46. The standard InChI is InChI=1S/C6H8N2.2C2HF3O2/c7-8-6-4-2-1-3-5-6;2*3-2(4,5)1(6)7/h1-5,8H,7H2;2*(H,6,7). The summed E-state index contributed by atoms with van der Waals surface area (Å²) in [5, 5.41) is 14.2. The second-order valence-corrected chi connectivity index (χ2v) is 3.12. The molecule has 0 aliphatic heterocycles. The smallest absolute Gasteiger partial charge is 0.475 e. The Balaban J connectivity index is 0. The normalized spacial score (nSPS) is 10.3. The van der Waals surface area contributed by atoms with E-state index >= 15 is 0 Å². The fourth-order valence-corrected chi connectivity index (χ4v) is 0.534. The molecule has 0 aromatic heterocycles. The summed E-state index contributed by atoms with van der Waals surface area (Å²) in [7, 11) is 0. The highest BCUT2D eigenvalue weighted by molar-refractivity contribution is 5.73. The third-order valence-electron chi connectivity index (χ3n) is 1.43. The first-order valence-corrected chi connectivity index (χ1v) is 4.94. The van der Waals surface area contributed by atoms with Crippen LogP contribution >= 0.6 is 0 Å². The Kier molecular flexibility index (Phi) is 9.35. The molecule has 0 unspecified atom stereocenters. The first kappa shape index (κ1) is 21.8. The maximum atomic E-state index is 10.6. The maximum absolute atomic E-state index is 10.6. The van der Waals surface area contributed by atoms with E-state index in [1.807, 2.05) is 30.3 Å². The van der Waals surface area contributed by atoms with Crippen LogP contribution in [-0.2, 0) is 9.59 Å². The largest absolute Gasteiger partial charge is 0.490 e. The Morgan fingerprint density at radius 1 is 0.864 bits per heavy atom. The van der Waals surface area contributed by atoms with Gasteiger partial charge in [-0.3, -0.25) is 5.84 Å². The van der Waals surface area contributed by atoms with Gasteiger partial charge in [0.2, 0.25) is 0 Å². The van der Waals surface area contributed by atoms with Crippen molar-refractivity contribution in [2.24, 2.45) is 5.84 Å². The lowest BCUT2D eigenvalue weighted by Gasteiger charge is -1.94. The summed E-state index contributed by atoms with van der Waals surface area (Å²) in [6, 6.07) is 9.60. The number of rotatable bonds is 1. The molecule has 0 spiro atoms. The monoisotopic (exact) mass is 336 g/mol. The highest BCUT2D eigenvalue weighted by Gasteiger charge is 2.38. The van der Waals surface area contributed by atoms with Crippen LogP contribution in [-0.4, -0.2) is 34.5 Å². The van der Waals surface area contributed by atoms with Gasteiger partial charge >= 0.3 is 24.3 Å². The summed E-state index contributed by atoms with van der Waals surface area (Å²) in [6.45, 7) is 0. The van der Waals surface area contributed by atoms with E-state index in [4.69, 9.17) is 25.6 Å². The molecule has 0 saturated carbocycles. The van der Waals surface area contributed by atoms with Gasteiger partial charge in [0.15, 0.2) is 0 Å². The molecule has 0 amide bonds. The quantitative estimate of drug-likeness (QED) is 0.355. The second-order valence-electron chi connectivity index (χ2n) is 3.12. The number of carboxylic acids is 2. The highest BCUT2D eigenvalue weighted by atomic mass is 19.4. The number of benzene rings is 1. The maximum Gasteiger partial charge on any atom is 0.490 e. The minimum absolute atomic E-state index is 0.938. The number of aliphatic carboxylic acids is 2. The molecular formula is C10H10F6N2O4. The zero-order valence-corrected chi connectivity index (χ0v) is 10.4. The summed E-state index contributed by atoms with van der Waals surface area (Å²) in [5.74, 6) is -0.414. The summed E-state index contributed by atoms with van der Waals surface area (Å²) >= 11 is 0. The number of halogens is 6. The van der Waals surface area contributed by atoms with E-state index in [9.17, 15) is 26.3 Å². The molecular weight excluding hydrogens is 326 g/mol. The van der Waals surface area contributed by atoms with Gasteiger partial charge in [0.25, 0.3) is 0 Å². The molecule has 22 heavy (non-hydrogen) atoms. The molecule has 1 rings (SSSR count). The molecule has 0 bridgehead atoms. The number of hydrazine groups is 1. The van der Waals surface area contributed by atoms with Gasteiger partial charge in [-0.05, 0) is 12.1 Å². The molecule has 12 heteroatoms. The molecule has 0 aliphatic carbocycles. The Hall–Kier alpha value is -2.50. The zero-order chi connectivity index (χ0) is 18.0. The van der Waals surface area contributed by atoms with Gasteiger partial charge in [-0.1, -0.05) is 18.2 Å². The van der Waals surface area contributed by atoms with Crippen molar-refractivity contribution in [1.82, 2.24) is 0 Å². The first-order chi connectivity index (χ1) is 9.82. The fraction of sp³-hybridized carbons (Fsp3) is 0.200. The molecule has 1 aromatic carbocycles. The van der Waals surface area contributed by atoms with Crippen LogP contribution in [0.4, 0.5) is 32.0 Å². The lowest BCUT2D eigenvalue weighted by molar-refractivity contribution is -0.193. The molecule has 0 heterocycles. The molecule has 0 aliphatic rings. The average Bonchev–Trinajstić information content (AvgIpc) is 2.39. The van der Waals surface area contributed by atoms with Gasteiger partial charge in [-0.15, -0.1) is 0 Å². The molecule has 1 aromatic rings. The molecule has 6 nitrogen and oxygen atoms in total. The lowest BCUT2D eigenvalue weighted by Crippen LogP contribution is -2.21. The van der Waals surface area contributed by atoms with Crippen molar-refractivity contribution in [2.75, 3.05) is 5.43 Å². The van der Waals surface area contributed by atoms with E-state index < -0.39 is 24.3 Å². The van der Waals surface area contributed by atoms with E-state index in [0.29, 0.717) is 0 Å². The van der Waals surface area contributed by atoms with Gasteiger partial charge in [0.05, 0.1) is 0 Å². The number of alkyl halides is 6. The number of nitrogens with two attached hydrogens (primary N) is 1. The average molecular weight is 336 g/mol. The van der Waals surface area contributed by atoms with Crippen molar-refractivity contribution in [2.45, 2.75) is 12.4 Å². The molecule has 5 N–H and O–H groups in total. The topological polar surface area (TPSA) is 113 Å². The van der Waals surface area contributed by atoms with Crippen LogP contribution in [0.3, 0.4) is 0 Å². The predicted octanol–water partition coefficient (Wildman–Crippen LogP) is 2.24. The van der Waals surface area contributed by atoms with Crippen molar-refractivity contribution < 1.29 is 46.1 Å². The first-order valence-electron chi connectivity index (χ1n) is 4.94. The number of hydrogen-bond acceptors (Lipinski definition) is 4. The van der Waals surface area contributed by atoms with E-state index in [-0.39, 0.29) is 0 Å². The number of carboxylic acid groups (broad SMARTS) is 2. The number of para-hydroxylation sites is 1. The lowest BCUT2D eigenvalue weighted by atomic mass is 10.3. The van der Waals surface area contributed by atoms with Gasteiger partial charge in [-0.2, -0.15) is 26.3 Å². The van der Waals surface area contributed by atoms with Crippen molar-refractivity contribution >= 4 is 17.6 Å². The fourth-order valence-electron chi connectivity index (χ4n) is 0.534. The second kappa shape index (κ2) is 9.44. The van der Waals surface area contributed by atoms with Gasteiger partial charge in [-0.25, -0.2) is 9.59 Å². The zero-order valence-electron chi connectivity index (χ0n) is 10.4. The third kappa shape index (κ3) is 12.5. The Morgan fingerprint density at radius 3 is 1.27 bits per heavy atom. The van der Waals surface area contributed by atoms with Crippen LogP contribution in [0.5, 0.6) is 0 Å². The van der Waals surface area contributed by atoms with Crippen LogP contribution in [0.15, 0.2) is 30.3 Å². The summed E-state index contributed by atoms with van der Waals surface area (Å²) in [6.07, 6.45) is -10.2. The molecule has 0 radical (unpaired) electrons. The van der Waals surface area contributed by atoms with Crippen LogP contribution in [0.25, 0.3) is 0 Å². The van der Waals surface area contributed by atoms with Crippen molar-refractivity contribution in [3.63, 3.8) is 0 Å². The van der Waals surface area contributed by atoms with Crippen LogP contribution in [0, 0.1) is 0 Å². The molecule has 0 fully saturated rings. The van der Waals surface area contributed by atoms with Crippen molar-refractivity contribution in [3.8, 4) is 0 Å². The Labute approximate surface area is 119 Å². The van der Waals surface area contributed by atoms with Crippen LogP contribution < -0.4 is 11.3 Å². The van der Waals surface area contributed by atoms with Crippen molar-refractivity contribution in [1.29, 1.82) is 0 Å². The molecule has 0 saturated heterocycles.